The molecule has 2 bridgehead atoms. The third-order valence-corrected chi connectivity index (χ3v) is 8.70. The number of amides is 3. The number of likely N-dealkylation sites (tertiary alicyclic amines) is 1. The fraction of sp³-hybridized carbons (Fsp3) is 0.452. The van der Waals surface area contributed by atoms with Gasteiger partial charge in [-0.3, -0.25) is 14.4 Å². The van der Waals surface area contributed by atoms with Gasteiger partial charge in [-0.2, -0.15) is 0 Å². The van der Waals surface area contributed by atoms with Gasteiger partial charge in [0.25, 0.3) is 0 Å². The lowest BCUT2D eigenvalue weighted by atomic mass is 9.74. The molecule has 4 aliphatic rings. The van der Waals surface area contributed by atoms with Gasteiger partial charge in [-0.05, 0) is 37.0 Å². The number of hydrogen-bond donors (Lipinski definition) is 2. The van der Waals surface area contributed by atoms with E-state index in [9.17, 15) is 14.4 Å². The first kappa shape index (κ1) is 25.6. The molecule has 3 aliphatic heterocycles. The van der Waals surface area contributed by atoms with E-state index < -0.39 is 29.6 Å². The lowest BCUT2D eigenvalue weighted by Gasteiger charge is -2.34. The molecular weight excluding hydrogens is 494 g/mol. The van der Waals surface area contributed by atoms with Gasteiger partial charge < -0.3 is 25.0 Å². The lowest BCUT2D eigenvalue weighted by molar-refractivity contribution is -0.141. The van der Waals surface area contributed by atoms with Crippen molar-refractivity contribution in [2.75, 3.05) is 19.0 Å². The summed E-state index contributed by atoms with van der Waals surface area (Å²) in [6, 6.07) is 16.3. The predicted molar refractivity (Wildman–Crippen MR) is 146 cm³/mol. The summed E-state index contributed by atoms with van der Waals surface area (Å²) >= 11 is 0. The first-order valence-electron chi connectivity index (χ1n) is 14.0. The van der Waals surface area contributed by atoms with Gasteiger partial charge in [0.2, 0.25) is 17.7 Å². The molecule has 0 radical (unpaired) electrons. The second-order valence-corrected chi connectivity index (χ2v) is 11.0. The van der Waals surface area contributed by atoms with Crippen LogP contribution in [0.1, 0.15) is 37.7 Å². The number of benzene rings is 2. The molecule has 2 aromatic rings. The highest BCUT2D eigenvalue weighted by Crippen LogP contribution is 2.55. The van der Waals surface area contributed by atoms with Gasteiger partial charge in [-0.15, -0.1) is 0 Å². The molecule has 8 nitrogen and oxygen atoms in total. The van der Waals surface area contributed by atoms with Crippen molar-refractivity contribution in [3.05, 3.63) is 72.3 Å². The molecule has 1 aliphatic carbocycles. The first-order valence-corrected chi connectivity index (χ1v) is 14.0. The standard InChI is InChI=1S/C31H35N3O5/c1-38-23-14-8-13-22(19-23)33-28(35)25-24-15-17-31(39-24)26(25)30(37)34(18-16-20-9-4-2-5-10-20)27(31)29(36)32-21-11-6-3-7-12-21/h2,4-5,8-10,13-15,17,19,21,24-27H,3,6-7,11-12,16,18H2,1H3,(H,32,36)(H,33,35)/t24-,25-,26-,27+,31-/m0/s1. The van der Waals surface area contributed by atoms with Crippen LogP contribution in [0.5, 0.6) is 5.75 Å². The number of nitrogens with one attached hydrogen (secondary N) is 2. The Hall–Kier alpha value is -3.65. The average molecular weight is 530 g/mol. The highest BCUT2D eigenvalue weighted by molar-refractivity contribution is 6.02. The van der Waals surface area contributed by atoms with Crippen molar-refractivity contribution in [2.24, 2.45) is 11.8 Å². The first-order chi connectivity index (χ1) is 19.0. The summed E-state index contributed by atoms with van der Waals surface area (Å²) in [6.07, 6.45) is 9.00. The van der Waals surface area contributed by atoms with Crippen LogP contribution >= 0.6 is 0 Å². The summed E-state index contributed by atoms with van der Waals surface area (Å²) < 4.78 is 11.7. The number of rotatable bonds is 8. The minimum atomic E-state index is -1.16. The molecule has 2 saturated heterocycles. The van der Waals surface area contributed by atoms with Crippen LogP contribution in [0.4, 0.5) is 5.69 Å². The maximum atomic E-state index is 14.1. The lowest BCUT2D eigenvalue weighted by Crippen LogP contribution is -2.56. The topological polar surface area (TPSA) is 97.0 Å². The molecule has 3 fully saturated rings. The molecular formula is C31H35N3O5. The SMILES string of the molecule is COc1cccc(NC(=O)[C@H]2[C@@H]3C=C[C@]4(O3)[C@@H]2C(=O)N(CCc2ccccc2)[C@@H]4C(=O)NC2CCCCC2)c1. The number of hydrogen-bond acceptors (Lipinski definition) is 5. The molecule has 5 atom stereocenters. The summed E-state index contributed by atoms with van der Waals surface area (Å²) in [5.41, 5.74) is 0.505. The Morgan fingerprint density at radius 3 is 2.62 bits per heavy atom. The molecule has 8 heteroatoms. The minimum absolute atomic E-state index is 0.0996. The van der Waals surface area contributed by atoms with Crippen molar-refractivity contribution in [1.29, 1.82) is 0 Å². The Labute approximate surface area is 228 Å². The zero-order valence-electron chi connectivity index (χ0n) is 22.2. The van der Waals surface area contributed by atoms with Crippen LogP contribution in [0.2, 0.25) is 0 Å². The summed E-state index contributed by atoms with van der Waals surface area (Å²) in [5.74, 6) is -1.57. The molecule has 0 unspecified atom stereocenters. The van der Waals surface area contributed by atoms with Gasteiger partial charge in [-0.1, -0.05) is 67.8 Å². The third-order valence-electron chi connectivity index (χ3n) is 8.70. The summed E-state index contributed by atoms with van der Waals surface area (Å²) in [6.45, 7) is 0.371. The number of ether oxygens (including phenoxy) is 2. The third kappa shape index (κ3) is 4.61. The molecule has 3 amide bonds. The van der Waals surface area contributed by atoms with Crippen molar-refractivity contribution in [3.8, 4) is 5.75 Å². The molecule has 2 N–H and O–H groups in total. The van der Waals surface area contributed by atoms with Crippen LogP contribution in [-0.4, -0.2) is 60.1 Å². The van der Waals surface area contributed by atoms with Crippen molar-refractivity contribution in [3.63, 3.8) is 0 Å². The van der Waals surface area contributed by atoms with Crippen molar-refractivity contribution in [2.45, 2.75) is 62.3 Å². The fourth-order valence-electron chi connectivity index (χ4n) is 6.86. The molecule has 39 heavy (non-hydrogen) atoms. The van der Waals surface area contributed by atoms with E-state index in [1.165, 1.54) is 6.42 Å². The van der Waals surface area contributed by atoms with Gasteiger partial charge in [0.15, 0.2) is 0 Å². The molecule has 1 saturated carbocycles. The second-order valence-electron chi connectivity index (χ2n) is 11.0. The monoisotopic (exact) mass is 529 g/mol. The zero-order chi connectivity index (χ0) is 27.0. The molecule has 0 aromatic heterocycles. The summed E-state index contributed by atoms with van der Waals surface area (Å²) in [7, 11) is 1.57. The Balaban J connectivity index is 1.29. The highest BCUT2D eigenvalue weighted by atomic mass is 16.5. The van der Waals surface area contributed by atoms with Crippen LogP contribution in [-0.2, 0) is 25.5 Å². The maximum absolute atomic E-state index is 14.1. The van der Waals surface area contributed by atoms with E-state index >= 15 is 0 Å². The zero-order valence-corrected chi connectivity index (χ0v) is 22.2. The van der Waals surface area contributed by atoms with Crippen LogP contribution in [0.3, 0.4) is 0 Å². The van der Waals surface area contributed by atoms with Crippen LogP contribution in [0, 0.1) is 11.8 Å². The van der Waals surface area contributed by atoms with Crippen LogP contribution in [0.15, 0.2) is 66.7 Å². The van der Waals surface area contributed by atoms with E-state index in [-0.39, 0.29) is 23.8 Å². The number of anilines is 1. The number of carbonyl (C=O) groups is 3. The smallest absolute Gasteiger partial charge is 0.246 e. The fourth-order valence-corrected chi connectivity index (χ4v) is 6.86. The van der Waals surface area contributed by atoms with E-state index in [4.69, 9.17) is 9.47 Å². The second kappa shape index (κ2) is 10.5. The predicted octanol–water partition coefficient (Wildman–Crippen LogP) is 3.48. The Bertz CT molecular complexity index is 1270. The molecule has 2 aromatic carbocycles. The molecule has 3 heterocycles. The van der Waals surface area contributed by atoms with Crippen molar-refractivity contribution in [1.82, 2.24) is 10.2 Å². The Morgan fingerprint density at radius 2 is 1.85 bits per heavy atom. The van der Waals surface area contributed by atoms with Crippen LogP contribution in [0.25, 0.3) is 0 Å². The number of fused-ring (bicyclic) bond motifs is 1. The summed E-state index contributed by atoms with van der Waals surface area (Å²) in [5, 5.41) is 6.19. The quantitative estimate of drug-likeness (QED) is 0.511. The normalized spacial score (nSPS) is 29.4. The molecule has 6 rings (SSSR count). The Morgan fingerprint density at radius 1 is 1.05 bits per heavy atom. The highest BCUT2D eigenvalue weighted by Gasteiger charge is 2.72. The average Bonchev–Trinajstić information content (AvgIpc) is 3.60. The van der Waals surface area contributed by atoms with Crippen molar-refractivity contribution < 1.29 is 23.9 Å². The Kier molecular flexibility index (Phi) is 6.89. The maximum Gasteiger partial charge on any atom is 0.246 e. The van der Waals surface area contributed by atoms with Crippen LogP contribution < -0.4 is 15.4 Å². The van der Waals surface area contributed by atoms with Gasteiger partial charge in [0.1, 0.15) is 17.4 Å². The van der Waals surface area contributed by atoms with E-state index in [2.05, 4.69) is 10.6 Å². The van der Waals surface area contributed by atoms with E-state index in [1.807, 2.05) is 42.5 Å². The molecule has 1 spiro atoms. The molecule has 204 valence electrons. The number of carbonyl (C=O) groups excluding carboxylic acids is 3. The summed E-state index contributed by atoms with van der Waals surface area (Å²) in [4.78, 5) is 43.3. The van der Waals surface area contributed by atoms with Gasteiger partial charge >= 0.3 is 0 Å². The number of nitrogens with zero attached hydrogens (tertiary/aromatic N) is 1. The minimum Gasteiger partial charge on any atom is -0.497 e. The van der Waals surface area contributed by atoms with E-state index in [0.717, 1.165) is 31.2 Å². The van der Waals surface area contributed by atoms with Gasteiger partial charge in [0, 0.05) is 24.3 Å². The van der Waals surface area contributed by atoms with Crippen molar-refractivity contribution >= 4 is 23.4 Å². The number of methoxy groups -OCH3 is 1. The van der Waals surface area contributed by atoms with E-state index in [0.29, 0.717) is 24.4 Å². The van der Waals surface area contributed by atoms with E-state index in [1.54, 1.807) is 36.3 Å². The van der Waals surface area contributed by atoms with Gasteiger partial charge in [0.05, 0.1) is 25.0 Å². The van der Waals surface area contributed by atoms with Gasteiger partial charge in [-0.25, -0.2) is 0 Å². The largest absolute Gasteiger partial charge is 0.497 e.